The highest BCUT2D eigenvalue weighted by atomic mass is 16.5. The van der Waals surface area contributed by atoms with E-state index in [4.69, 9.17) is 4.74 Å². The van der Waals surface area contributed by atoms with E-state index in [9.17, 15) is 4.79 Å². The van der Waals surface area contributed by atoms with Crippen LogP contribution in [0.5, 0.6) is 0 Å². The van der Waals surface area contributed by atoms with Crippen molar-refractivity contribution >= 4 is 16.8 Å². The number of hydrogen-bond acceptors (Lipinski definition) is 2. The third kappa shape index (κ3) is 3.52. The van der Waals surface area contributed by atoms with Crippen LogP contribution in [0.2, 0.25) is 0 Å². The van der Waals surface area contributed by atoms with E-state index in [0.717, 1.165) is 43.6 Å². The Hall–Kier alpha value is -1.81. The molecule has 0 spiro atoms. The van der Waals surface area contributed by atoms with E-state index in [1.807, 2.05) is 13.0 Å². The van der Waals surface area contributed by atoms with Crippen LogP contribution < -0.4 is 0 Å². The van der Waals surface area contributed by atoms with Gasteiger partial charge in [0.15, 0.2) is 0 Å². The molecule has 4 heteroatoms. The maximum atomic E-state index is 13.4. The predicted molar refractivity (Wildman–Crippen MR) is 109 cm³/mol. The Labute approximate surface area is 162 Å². The zero-order chi connectivity index (χ0) is 19.2. The largest absolute Gasteiger partial charge is 0.380 e. The minimum Gasteiger partial charge on any atom is -0.380 e. The topological polar surface area (TPSA) is 34.5 Å². The zero-order valence-electron chi connectivity index (χ0n) is 17.1. The van der Waals surface area contributed by atoms with Gasteiger partial charge in [-0.05, 0) is 60.6 Å². The fraction of sp³-hybridized carbons (Fsp3) is 0.609. The van der Waals surface area contributed by atoms with Crippen molar-refractivity contribution in [2.75, 3.05) is 19.8 Å². The average Bonchev–Trinajstić information content (AvgIpc) is 3.11. The van der Waals surface area contributed by atoms with E-state index in [1.165, 1.54) is 11.8 Å². The number of hydrogen-bond donors (Lipinski definition) is 0. The Morgan fingerprint density at radius 2 is 2.04 bits per heavy atom. The first-order valence-corrected chi connectivity index (χ1v) is 10.3. The summed E-state index contributed by atoms with van der Waals surface area (Å²) in [6, 6.07) is 8.63. The van der Waals surface area contributed by atoms with Crippen LogP contribution in [0.3, 0.4) is 0 Å². The molecule has 1 saturated carbocycles. The third-order valence-corrected chi connectivity index (χ3v) is 6.38. The quantitative estimate of drug-likeness (QED) is 0.716. The Morgan fingerprint density at radius 3 is 2.81 bits per heavy atom. The minimum atomic E-state index is 0.195. The summed E-state index contributed by atoms with van der Waals surface area (Å²) in [7, 11) is 0. The zero-order valence-corrected chi connectivity index (χ0v) is 17.1. The number of rotatable bonds is 5. The van der Waals surface area contributed by atoms with Gasteiger partial charge in [-0.2, -0.15) is 0 Å². The van der Waals surface area contributed by atoms with Crippen molar-refractivity contribution in [1.82, 2.24) is 9.47 Å². The van der Waals surface area contributed by atoms with Gasteiger partial charge in [0.25, 0.3) is 5.91 Å². The molecule has 4 nitrogen and oxygen atoms in total. The van der Waals surface area contributed by atoms with Crippen LogP contribution in [0.25, 0.3) is 10.9 Å². The van der Waals surface area contributed by atoms with E-state index >= 15 is 0 Å². The molecular formula is C23H32N2O2. The Bertz CT molecular complexity index is 853. The van der Waals surface area contributed by atoms with Crippen LogP contribution in [-0.4, -0.2) is 41.2 Å². The second kappa shape index (κ2) is 6.66. The fourth-order valence-corrected chi connectivity index (χ4v) is 5.68. The van der Waals surface area contributed by atoms with Gasteiger partial charge in [0.1, 0.15) is 0 Å². The summed E-state index contributed by atoms with van der Waals surface area (Å²) in [5.41, 5.74) is 2.52. The lowest BCUT2D eigenvalue weighted by molar-refractivity contribution is 0.0708. The Morgan fingerprint density at radius 1 is 1.22 bits per heavy atom. The molecule has 1 aliphatic carbocycles. The number of carbonyl (C=O) groups is 1. The molecule has 0 radical (unpaired) electrons. The monoisotopic (exact) mass is 368 g/mol. The summed E-state index contributed by atoms with van der Waals surface area (Å²) < 4.78 is 7.69. The highest BCUT2D eigenvalue weighted by Gasteiger charge is 2.51. The lowest BCUT2D eigenvalue weighted by atomic mass is 9.65. The molecule has 2 fully saturated rings. The highest BCUT2D eigenvalue weighted by Crippen LogP contribution is 2.52. The number of benzene rings is 1. The van der Waals surface area contributed by atoms with E-state index in [1.54, 1.807) is 0 Å². The molecule has 1 saturated heterocycles. The molecule has 0 N–H and O–H groups in total. The molecule has 1 aromatic carbocycles. The first-order chi connectivity index (χ1) is 12.8. The van der Waals surface area contributed by atoms with Crippen LogP contribution in [0, 0.1) is 10.8 Å². The summed E-state index contributed by atoms with van der Waals surface area (Å²) in [5.74, 6) is 0.195. The molecule has 27 heavy (non-hydrogen) atoms. The van der Waals surface area contributed by atoms with Crippen molar-refractivity contribution < 1.29 is 9.53 Å². The summed E-state index contributed by atoms with van der Waals surface area (Å²) in [4.78, 5) is 15.5. The molecular weight excluding hydrogens is 336 g/mol. The Kier molecular flexibility index (Phi) is 4.58. The summed E-state index contributed by atoms with van der Waals surface area (Å²) in [6.45, 7) is 12.2. The first-order valence-electron chi connectivity index (χ1n) is 10.3. The van der Waals surface area contributed by atoms with Gasteiger partial charge < -0.3 is 14.2 Å². The second-order valence-electron chi connectivity index (χ2n) is 9.63. The van der Waals surface area contributed by atoms with Gasteiger partial charge in [-0.25, -0.2) is 0 Å². The third-order valence-electron chi connectivity index (χ3n) is 6.38. The standard InChI is InChI=1S/C23H32N2O2/c1-5-27-11-10-24-9-8-17-6-7-18(12-20(17)24)21(26)25-16-23(4)14-19(25)13-22(2,3)15-23/h6-9,12,19H,5,10-11,13-16H2,1-4H3. The molecule has 146 valence electrons. The smallest absolute Gasteiger partial charge is 0.254 e. The van der Waals surface area contributed by atoms with Gasteiger partial charge >= 0.3 is 0 Å². The number of ether oxygens (including phenoxy) is 1. The molecule has 2 unspecified atom stereocenters. The van der Waals surface area contributed by atoms with Crippen LogP contribution in [-0.2, 0) is 11.3 Å². The van der Waals surface area contributed by atoms with Crippen LogP contribution >= 0.6 is 0 Å². The maximum Gasteiger partial charge on any atom is 0.254 e. The second-order valence-corrected chi connectivity index (χ2v) is 9.63. The number of fused-ring (bicyclic) bond motifs is 3. The van der Waals surface area contributed by atoms with Gasteiger partial charge in [-0.3, -0.25) is 4.79 Å². The predicted octanol–water partition coefficient (Wildman–Crippen LogP) is 4.72. The van der Waals surface area contributed by atoms with E-state index < -0.39 is 0 Å². The van der Waals surface area contributed by atoms with Crippen molar-refractivity contribution in [2.45, 2.75) is 59.5 Å². The first kappa shape index (κ1) is 18.5. The van der Waals surface area contributed by atoms with Gasteiger partial charge in [-0.15, -0.1) is 0 Å². The molecule has 1 aromatic heterocycles. The molecule has 2 aliphatic rings. The SMILES string of the molecule is CCOCCn1ccc2ccc(C(=O)N3CC4(C)CC3CC(C)(C)C4)cc21. The number of amides is 1. The average molecular weight is 369 g/mol. The lowest BCUT2D eigenvalue weighted by Gasteiger charge is -2.39. The fourth-order valence-electron chi connectivity index (χ4n) is 5.68. The molecule has 4 rings (SSSR count). The van der Waals surface area contributed by atoms with Gasteiger partial charge in [0.2, 0.25) is 0 Å². The van der Waals surface area contributed by atoms with Gasteiger partial charge in [0.05, 0.1) is 6.61 Å². The van der Waals surface area contributed by atoms with E-state index in [2.05, 4.69) is 54.6 Å². The number of aromatic nitrogens is 1. The number of nitrogens with zero attached hydrogens (tertiary/aromatic N) is 2. The van der Waals surface area contributed by atoms with E-state index in [-0.39, 0.29) is 11.3 Å². The molecule has 2 aromatic rings. The molecule has 1 amide bonds. The van der Waals surface area contributed by atoms with Crippen molar-refractivity contribution in [2.24, 2.45) is 10.8 Å². The molecule has 2 bridgehead atoms. The van der Waals surface area contributed by atoms with Crippen molar-refractivity contribution in [3.8, 4) is 0 Å². The molecule has 1 aliphatic heterocycles. The van der Waals surface area contributed by atoms with E-state index in [0.29, 0.717) is 18.1 Å². The molecule has 2 heterocycles. The van der Waals surface area contributed by atoms with Crippen LogP contribution in [0.4, 0.5) is 0 Å². The number of likely N-dealkylation sites (tertiary alicyclic amines) is 1. The lowest BCUT2D eigenvalue weighted by Crippen LogP contribution is -2.37. The number of carbonyl (C=O) groups excluding carboxylic acids is 1. The van der Waals surface area contributed by atoms with Crippen molar-refractivity contribution in [3.05, 3.63) is 36.0 Å². The van der Waals surface area contributed by atoms with Crippen LogP contribution in [0.15, 0.2) is 30.5 Å². The maximum absolute atomic E-state index is 13.4. The van der Waals surface area contributed by atoms with Crippen LogP contribution in [0.1, 0.15) is 57.3 Å². The normalized spacial score (nSPS) is 26.7. The summed E-state index contributed by atoms with van der Waals surface area (Å²) in [6.07, 6.45) is 5.56. The minimum absolute atomic E-state index is 0.195. The van der Waals surface area contributed by atoms with Crippen molar-refractivity contribution in [1.29, 1.82) is 0 Å². The summed E-state index contributed by atoms with van der Waals surface area (Å²) in [5, 5.41) is 1.18. The highest BCUT2D eigenvalue weighted by molar-refractivity contribution is 5.98. The Balaban J connectivity index is 1.59. The van der Waals surface area contributed by atoms with Crippen molar-refractivity contribution in [3.63, 3.8) is 0 Å². The summed E-state index contributed by atoms with van der Waals surface area (Å²) >= 11 is 0. The van der Waals surface area contributed by atoms with Gasteiger partial charge in [-0.1, -0.05) is 26.8 Å². The van der Waals surface area contributed by atoms with Gasteiger partial charge in [0, 0.05) is 43.0 Å². The molecule has 2 atom stereocenters.